The van der Waals surface area contributed by atoms with Gasteiger partial charge in [-0.25, -0.2) is 19.3 Å². The first-order valence-electron chi connectivity index (χ1n) is 7.89. The molecule has 1 aromatic carbocycles. The van der Waals surface area contributed by atoms with E-state index in [1.807, 2.05) is 6.07 Å². The number of hydrogen-bond acceptors (Lipinski definition) is 6. The standard InChI is InChI=1S/C17H14Cl2FN5O/c1-26-12-4-11-16(25-15(12)8-5-21-6-8)17(23-7-22-11)24-10-3-2-9(18)13(19)14(10)20/h2-4,7-8,21H,5-6H2,1H3,(H,22,23,24). The number of benzene rings is 1. The highest BCUT2D eigenvalue weighted by molar-refractivity contribution is 6.42. The third kappa shape index (κ3) is 2.92. The Morgan fingerprint density at radius 3 is 2.77 bits per heavy atom. The van der Waals surface area contributed by atoms with Crippen LogP contribution in [0, 0.1) is 5.82 Å². The van der Waals surface area contributed by atoms with Crippen LogP contribution in [-0.4, -0.2) is 35.2 Å². The fourth-order valence-corrected chi connectivity index (χ4v) is 3.07. The largest absolute Gasteiger partial charge is 0.495 e. The fourth-order valence-electron chi connectivity index (χ4n) is 2.76. The predicted molar refractivity (Wildman–Crippen MR) is 99.2 cm³/mol. The Hall–Kier alpha value is -2.22. The summed E-state index contributed by atoms with van der Waals surface area (Å²) in [7, 11) is 1.60. The highest BCUT2D eigenvalue weighted by atomic mass is 35.5. The molecule has 0 aliphatic carbocycles. The number of aromatic nitrogens is 3. The molecule has 6 nitrogen and oxygen atoms in total. The Bertz CT molecular complexity index is 997. The number of rotatable bonds is 4. The number of hydrogen-bond donors (Lipinski definition) is 2. The van der Waals surface area contributed by atoms with Gasteiger partial charge < -0.3 is 15.4 Å². The van der Waals surface area contributed by atoms with Gasteiger partial charge in [0, 0.05) is 25.1 Å². The van der Waals surface area contributed by atoms with Gasteiger partial charge >= 0.3 is 0 Å². The summed E-state index contributed by atoms with van der Waals surface area (Å²) in [6, 6.07) is 4.83. The van der Waals surface area contributed by atoms with Gasteiger partial charge in [0.25, 0.3) is 0 Å². The van der Waals surface area contributed by atoms with E-state index in [-0.39, 0.29) is 21.7 Å². The molecule has 0 amide bonds. The Morgan fingerprint density at radius 2 is 2.08 bits per heavy atom. The van der Waals surface area contributed by atoms with E-state index in [2.05, 4.69) is 20.6 Å². The van der Waals surface area contributed by atoms with Gasteiger partial charge in [0.15, 0.2) is 11.6 Å². The summed E-state index contributed by atoms with van der Waals surface area (Å²) < 4.78 is 19.8. The molecular formula is C17H14Cl2FN5O. The lowest BCUT2D eigenvalue weighted by molar-refractivity contribution is 0.379. The number of anilines is 2. The molecule has 3 aromatic rings. The number of nitrogens with zero attached hydrogens (tertiary/aromatic N) is 3. The lowest BCUT2D eigenvalue weighted by atomic mass is 9.97. The van der Waals surface area contributed by atoms with Gasteiger partial charge in [0.05, 0.1) is 34.1 Å². The Morgan fingerprint density at radius 1 is 1.27 bits per heavy atom. The van der Waals surface area contributed by atoms with Crippen LogP contribution in [0.15, 0.2) is 24.5 Å². The van der Waals surface area contributed by atoms with Crippen molar-refractivity contribution >= 4 is 45.7 Å². The maximum Gasteiger partial charge on any atom is 0.166 e. The van der Waals surface area contributed by atoms with E-state index >= 15 is 0 Å². The minimum absolute atomic E-state index is 0.143. The minimum atomic E-state index is -0.650. The van der Waals surface area contributed by atoms with Crippen LogP contribution in [0.25, 0.3) is 11.0 Å². The van der Waals surface area contributed by atoms with Crippen LogP contribution >= 0.6 is 23.2 Å². The number of pyridine rings is 1. The normalized spacial score (nSPS) is 14.3. The molecule has 0 unspecified atom stereocenters. The molecule has 0 spiro atoms. The van der Waals surface area contributed by atoms with Gasteiger partial charge in [0.2, 0.25) is 0 Å². The Kier molecular flexibility index (Phi) is 4.52. The van der Waals surface area contributed by atoms with Crippen molar-refractivity contribution in [2.45, 2.75) is 5.92 Å². The van der Waals surface area contributed by atoms with E-state index < -0.39 is 5.82 Å². The monoisotopic (exact) mass is 393 g/mol. The van der Waals surface area contributed by atoms with Gasteiger partial charge in [-0.1, -0.05) is 23.2 Å². The van der Waals surface area contributed by atoms with Crippen LogP contribution in [0.3, 0.4) is 0 Å². The van der Waals surface area contributed by atoms with Crippen LogP contribution < -0.4 is 15.4 Å². The third-order valence-corrected chi connectivity index (χ3v) is 5.06. The first kappa shape index (κ1) is 17.2. The molecule has 3 heterocycles. The molecule has 2 aromatic heterocycles. The van der Waals surface area contributed by atoms with Crippen LogP contribution in [-0.2, 0) is 0 Å². The van der Waals surface area contributed by atoms with Crippen molar-refractivity contribution in [2.75, 3.05) is 25.5 Å². The average molecular weight is 394 g/mol. The average Bonchev–Trinajstić information content (AvgIpc) is 2.60. The highest BCUT2D eigenvalue weighted by Crippen LogP contribution is 2.34. The summed E-state index contributed by atoms with van der Waals surface area (Å²) in [4.78, 5) is 13.2. The molecule has 0 bridgehead atoms. The maximum atomic E-state index is 14.4. The highest BCUT2D eigenvalue weighted by Gasteiger charge is 2.25. The topological polar surface area (TPSA) is 72.0 Å². The second-order valence-corrected chi connectivity index (χ2v) is 6.65. The first-order chi connectivity index (χ1) is 12.6. The summed E-state index contributed by atoms with van der Waals surface area (Å²) >= 11 is 11.7. The quantitative estimate of drug-likeness (QED) is 0.654. The number of halogens is 3. The van der Waals surface area contributed by atoms with Crippen molar-refractivity contribution in [3.63, 3.8) is 0 Å². The molecule has 1 saturated heterocycles. The van der Waals surface area contributed by atoms with E-state index in [1.165, 1.54) is 18.5 Å². The molecule has 0 radical (unpaired) electrons. The SMILES string of the molecule is COc1cc2ncnc(Nc3ccc(Cl)c(Cl)c3F)c2nc1C1CNC1. The van der Waals surface area contributed by atoms with Crippen molar-refractivity contribution in [1.82, 2.24) is 20.3 Å². The number of nitrogens with one attached hydrogen (secondary N) is 2. The van der Waals surface area contributed by atoms with Crippen LogP contribution in [0.5, 0.6) is 5.75 Å². The molecule has 1 fully saturated rings. The molecule has 26 heavy (non-hydrogen) atoms. The summed E-state index contributed by atoms with van der Waals surface area (Å²) in [5, 5.41) is 6.14. The summed E-state index contributed by atoms with van der Waals surface area (Å²) in [6.07, 6.45) is 1.38. The van der Waals surface area contributed by atoms with Gasteiger partial charge in [0.1, 0.15) is 17.6 Å². The van der Waals surface area contributed by atoms with Crippen molar-refractivity contribution < 1.29 is 9.13 Å². The van der Waals surface area contributed by atoms with Crippen LogP contribution in [0.1, 0.15) is 11.6 Å². The van der Waals surface area contributed by atoms with Crippen molar-refractivity contribution in [3.05, 3.63) is 46.1 Å². The zero-order chi connectivity index (χ0) is 18.3. The zero-order valence-corrected chi connectivity index (χ0v) is 15.2. The fraction of sp³-hybridized carbons (Fsp3) is 0.235. The molecule has 134 valence electrons. The van der Waals surface area contributed by atoms with Gasteiger partial charge in [-0.05, 0) is 12.1 Å². The van der Waals surface area contributed by atoms with Crippen molar-refractivity contribution in [3.8, 4) is 5.75 Å². The smallest absolute Gasteiger partial charge is 0.166 e. The number of ether oxygens (including phenoxy) is 1. The van der Waals surface area contributed by atoms with E-state index in [0.29, 0.717) is 22.6 Å². The summed E-state index contributed by atoms with van der Waals surface area (Å²) in [5.41, 5.74) is 2.10. The molecule has 4 rings (SSSR count). The first-order valence-corrected chi connectivity index (χ1v) is 8.65. The third-order valence-electron chi connectivity index (χ3n) is 4.28. The molecule has 1 aliphatic heterocycles. The Labute approximate surface area is 158 Å². The zero-order valence-electron chi connectivity index (χ0n) is 13.7. The molecular weight excluding hydrogens is 380 g/mol. The lowest BCUT2D eigenvalue weighted by Crippen LogP contribution is -2.40. The molecule has 0 saturated carbocycles. The maximum absolute atomic E-state index is 14.4. The van der Waals surface area contributed by atoms with Crippen LogP contribution in [0.2, 0.25) is 10.0 Å². The van der Waals surface area contributed by atoms with E-state index in [0.717, 1.165) is 18.8 Å². The van der Waals surface area contributed by atoms with Crippen molar-refractivity contribution in [1.29, 1.82) is 0 Å². The second kappa shape index (κ2) is 6.83. The molecule has 2 N–H and O–H groups in total. The molecule has 0 atom stereocenters. The van der Waals surface area contributed by atoms with Crippen molar-refractivity contribution in [2.24, 2.45) is 0 Å². The van der Waals surface area contributed by atoms with Gasteiger partial charge in [-0.3, -0.25) is 0 Å². The van der Waals surface area contributed by atoms with Gasteiger partial charge in [-0.2, -0.15) is 0 Å². The minimum Gasteiger partial charge on any atom is -0.495 e. The van der Waals surface area contributed by atoms with Gasteiger partial charge in [-0.15, -0.1) is 0 Å². The summed E-state index contributed by atoms with van der Waals surface area (Å²) in [6.45, 7) is 1.65. The lowest BCUT2D eigenvalue weighted by Gasteiger charge is -2.28. The molecule has 1 aliphatic rings. The van der Waals surface area contributed by atoms with E-state index in [1.54, 1.807) is 7.11 Å². The predicted octanol–water partition coefficient (Wildman–Crippen LogP) is 3.91. The number of methoxy groups -OCH3 is 1. The van der Waals surface area contributed by atoms with E-state index in [9.17, 15) is 4.39 Å². The number of fused-ring (bicyclic) bond motifs is 1. The summed E-state index contributed by atoms with van der Waals surface area (Å²) in [5.74, 6) is 0.657. The Balaban J connectivity index is 1.81. The molecule has 9 heteroatoms. The van der Waals surface area contributed by atoms with Crippen LogP contribution in [0.4, 0.5) is 15.9 Å². The van der Waals surface area contributed by atoms with E-state index in [4.69, 9.17) is 32.9 Å². The second-order valence-electron chi connectivity index (χ2n) is 5.87.